The Morgan fingerprint density at radius 2 is 2.00 bits per heavy atom. The highest BCUT2D eigenvalue weighted by Crippen LogP contribution is 2.44. The second-order valence-electron chi connectivity index (χ2n) is 7.17. The van der Waals surface area contributed by atoms with Gasteiger partial charge in [-0.25, -0.2) is 8.42 Å². The highest BCUT2D eigenvalue weighted by atomic mass is 32.2. The van der Waals surface area contributed by atoms with E-state index in [1.165, 1.54) is 6.07 Å². The third kappa shape index (κ3) is 4.13. The van der Waals surface area contributed by atoms with Gasteiger partial charge in [0.15, 0.2) is 0 Å². The standard InChI is InChI=1S/C17H21F3N2O3S/c1-26(24,25)22(14-4-2-3-13(9-14)17(18,19)20)10-16(23)21-15-8-11-5-6-12(15)7-11/h2-4,9,11-12,15H,5-8,10H2,1H3,(H,21,23)/t11-,12-,15-/m1/s1. The number of nitrogens with zero attached hydrogens (tertiary/aromatic N) is 1. The summed E-state index contributed by atoms with van der Waals surface area (Å²) in [6.07, 6.45) is 0.464. The summed E-state index contributed by atoms with van der Waals surface area (Å²) in [6.45, 7) is -0.534. The summed E-state index contributed by atoms with van der Waals surface area (Å²) < 4.78 is 63.5. The number of benzene rings is 1. The van der Waals surface area contributed by atoms with Crippen molar-refractivity contribution >= 4 is 21.6 Å². The van der Waals surface area contributed by atoms with Crippen molar-refractivity contribution in [1.82, 2.24) is 5.32 Å². The molecule has 0 saturated heterocycles. The normalized spacial score (nSPS) is 25.3. The van der Waals surface area contributed by atoms with Crippen molar-refractivity contribution in [3.05, 3.63) is 29.8 Å². The molecule has 0 aromatic heterocycles. The van der Waals surface area contributed by atoms with Crippen LogP contribution in [-0.2, 0) is 21.0 Å². The molecule has 3 rings (SSSR count). The van der Waals surface area contributed by atoms with Crippen LogP contribution in [0.15, 0.2) is 24.3 Å². The molecule has 2 aliphatic rings. The van der Waals surface area contributed by atoms with Gasteiger partial charge in [-0.3, -0.25) is 9.10 Å². The van der Waals surface area contributed by atoms with Gasteiger partial charge in [-0.1, -0.05) is 12.5 Å². The fraction of sp³-hybridized carbons (Fsp3) is 0.588. The van der Waals surface area contributed by atoms with Crippen molar-refractivity contribution in [1.29, 1.82) is 0 Å². The molecule has 5 nitrogen and oxygen atoms in total. The zero-order valence-corrected chi connectivity index (χ0v) is 15.1. The third-order valence-corrected chi connectivity index (χ3v) is 6.37. The smallest absolute Gasteiger partial charge is 0.352 e. The van der Waals surface area contributed by atoms with Crippen LogP contribution in [0.5, 0.6) is 0 Å². The fourth-order valence-electron chi connectivity index (χ4n) is 4.04. The van der Waals surface area contributed by atoms with E-state index in [0.717, 1.165) is 50.1 Å². The lowest BCUT2D eigenvalue weighted by Gasteiger charge is -2.26. The molecule has 1 aromatic carbocycles. The molecule has 144 valence electrons. The van der Waals surface area contributed by atoms with Gasteiger partial charge in [-0.2, -0.15) is 13.2 Å². The van der Waals surface area contributed by atoms with E-state index in [4.69, 9.17) is 0 Å². The Bertz CT molecular complexity index is 795. The summed E-state index contributed by atoms with van der Waals surface area (Å²) in [5.41, 5.74) is -1.14. The molecule has 0 radical (unpaired) electrons. The Kier molecular flexibility index (Phi) is 4.94. The molecule has 1 N–H and O–H groups in total. The maximum absolute atomic E-state index is 12.9. The summed E-state index contributed by atoms with van der Waals surface area (Å²) in [5, 5.41) is 2.86. The average molecular weight is 390 g/mol. The number of amides is 1. The Morgan fingerprint density at radius 1 is 1.27 bits per heavy atom. The molecule has 26 heavy (non-hydrogen) atoms. The van der Waals surface area contributed by atoms with E-state index in [2.05, 4.69) is 5.32 Å². The van der Waals surface area contributed by atoms with E-state index in [1.54, 1.807) is 0 Å². The van der Waals surface area contributed by atoms with Crippen molar-refractivity contribution in [2.24, 2.45) is 11.8 Å². The topological polar surface area (TPSA) is 66.5 Å². The number of alkyl halides is 3. The summed E-state index contributed by atoms with van der Waals surface area (Å²) in [4.78, 5) is 12.3. The number of nitrogens with one attached hydrogen (secondary N) is 1. The molecule has 2 fully saturated rings. The summed E-state index contributed by atoms with van der Waals surface area (Å²) >= 11 is 0. The van der Waals surface area contributed by atoms with Gasteiger partial charge < -0.3 is 5.32 Å². The Labute approximate surface area is 150 Å². The average Bonchev–Trinajstić information content (AvgIpc) is 3.13. The van der Waals surface area contributed by atoms with Crippen LogP contribution in [0.4, 0.5) is 18.9 Å². The van der Waals surface area contributed by atoms with E-state index in [-0.39, 0.29) is 11.7 Å². The molecular formula is C17H21F3N2O3S. The molecule has 0 heterocycles. The maximum atomic E-state index is 12.9. The van der Waals surface area contributed by atoms with Gasteiger partial charge >= 0.3 is 6.18 Å². The van der Waals surface area contributed by atoms with Crippen LogP contribution in [0.3, 0.4) is 0 Å². The minimum atomic E-state index is -4.59. The number of halogens is 3. The Morgan fingerprint density at radius 3 is 2.54 bits per heavy atom. The van der Waals surface area contributed by atoms with Gasteiger partial charge in [0.05, 0.1) is 17.5 Å². The number of carbonyl (C=O) groups is 1. The Balaban J connectivity index is 1.76. The van der Waals surface area contributed by atoms with E-state index in [9.17, 15) is 26.4 Å². The molecule has 0 spiro atoms. The SMILES string of the molecule is CS(=O)(=O)N(CC(=O)N[C@@H]1C[C@@H]2CC[C@@H]1C2)c1cccc(C(F)(F)F)c1. The van der Waals surface area contributed by atoms with Crippen molar-refractivity contribution < 1.29 is 26.4 Å². The number of sulfonamides is 1. The summed E-state index contributed by atoms with van der Waals surface area (Å²) in [6, 6.07) is 4.01. The van der Waals surface area contributed by atoms with Crippen LogP contribution < -0.4 is 9.62 Å². The number of carbonyl (C=O) groups excluding carboxylic acids is 1. The zero-order chi connectivity index (χ0) is 19.1. The molecule has 0 unspecified atom stereocenters. The molecule has 9 heteroatoms. The molecule has 2 bridgehead atoms. The zero-order valence-electron chi connectivity index (χ0n) is 14.3. The van der Waals surface area contributed by atoms with Gasteiger partial charge in [0.1, 0.15) is 6.54 Å². The maximum Gasteiger partial charge on any atom is 0.416 e. The van der Waals surface area contributed by atoms with Crippen LogP contribution in [0, 0.1) is 11.8 Å². The lowest BCUT2D eigenvalue weighted by molar-refractivity contribution is -0.137. The van der Waals surface area contributed by atoms with Gasteiger partial charge in [-0.15, -0.1) is 0 Å². The molecule has 1 amide bonds. The third-order valence-electron chi connectivity index (χ3n) is 5.23. The second-order valence-corrected chi connectivity index (χ2v) is 9.07. The fourth-order valence-corrected chi connectivity index (χ4v) is 4.89. The van der Waals surface area contributed by atoms with Crippen LogP contribution in [0.25, 0.3) is 0 Å². The van der Waals surface area contributed by atoms with Gasteiger partial charge in [0.25, 0.3) is 0 Å². The first-order valence-corrected chi connectivity index (χ1v) is 10.3. The monoisotopic (exact) mass is 390 g/mol. The van der Waals surface area contributed by atoms with Crippen molar-refractivity contribution in [3.63, 3.8) is 0 Å². The molecule has 1 aromatic rings. The van der Waals surface area contributed by atoms with Gasteiger partial charge in [0.2, 0.25) is 15.9 Å². The minimum Gasteiger partial charge on any atom is -0.352 e. The first-order valence-electron chi connectivity index (χ1n) is 8.48. The first-order chi connectivity index (χ1) is 12.0. The molecular weight excluding hydrogens is 369 g/mol. The predicted molar refractivity (Wildman–Crippen MR) is 91.0 cm³/mol. The van der Waals surface area contributed by atoms with Crippen molar-refractivity contribution in [2.45, 2.75) is 37.9 Å². The van der Waals surface area contributed by atoms with E-state index in [1.807, 2.05) is 0 Å². The largest absolute Gasteiger partial charge is 0.416 e. The number of anilines is 1. The predicted octanol–water partition coefficient (Wildman–Crippen LogP) is 2.78. The summed E-state index contributed by atoms with van der Waals surface area (Å²) in [7, 11) is -3.91. The lowest BCUT2D eigenvalue weighted by Crippen LogP contribution is -2.45. The van der Waals surface area contributed by atoms with Gasteiger partial charge in [-0.05, 0) is 49.3 Å². The number of rotatable bonds is 5. The highest BCUT2D eigenvalue weighted by molar-refractivity contribution is 7.92. The van der Waals surface area contributed by atoms with Crippen molar-refractivity contribution in [3.8, 4) is 0 Å². The molecule has 2 aliphatic carbocycles. The van der Waals surface area contributed by atoms with Crippen LogP contribution in [0.2, 0.25) is 0 Å². The van der Waals surface area contributed by atoms with E-state index < -0.39 is 34.2 Å². The van der Waals surface area contributed by atoms with Crippen LogP contribution in [-0.4, -0.2) is 33.2 Å². The van der Waals surface area contributed by atoms with Gasteiger partial charge in [0, 0.05) is 6.04 Å². The van der Waals surface area contributed by atoms with E-state index >= 15 is 0 Å². The highest BCUT2D eigenvalue weighted by Gasteiger charge is 2.40. The Hall–Kier alpha value is -1.77. The van der Waals surface area contributed by atoms with Crippen molar-refractivity contribution in [2.75, 3.05) is 17.1 Å². The first kappa shape index (κ1) is 19.0. The lowest BCUT2D eigenvalue weighted by atomic mass is 9.95. The van der Waals surface area contributed by atoms with E-state index in [0.29, 0.717) is 16.1 Å². The number of fused-ring (bicyclic) bond motifs is 2. The van der Waals surface area contributed by atoms with Crippen LogP contribution in [0.1, 0.15) is 31.2 Å². The minimum absolute atomic E-state index is 0.0316. The number of hydrogen-bond acceptors (Lipinski definition) is 3. The second kappa shape index (κ2) is 6.75. The molecule has 3 atom stereocenters. The molecule has 2 saturated carbocycles. The number of hydrogen-bond donors (Lipinski definition) is 1. The quantitative estimate of drug-likeness (QED) is 0.841. The summed E-state index contributed by atoms with van der Waals surface area (Å²) in [5.74, 6) is 0.536. The van der Waals surface area contributed by atoms with Crippen LogP contribution >= 0.6 is 0 Å². The molecule has 0 aliphatic heterocycles.